The normalized spacial score (nSPS) is 11.7. The van der Waals surface area contributed by atoms with E-state index in [2.05, 4.69) is 24.1 Å². The zero-order valence-corrected chi connectivity index (χ0v) is 11.6. The first-order valence-electron chi connectivity index (χ1n) is 6.42. The van der Waals surface area contributed by atoms with Crippen molar-refractivity contribution in [1.82, 2.24) is 0 Å². The molecule has 0 bridgehead atoms. The maximum absolute atomic E-state index is 11.4. The molecule has 0 aromatic heterocycles. The maximum Gasteiger partial charge on any atom is 0.250 e. The van der Waals surface area contributed by atoms with Crippen molar-refractivity contribution in [3.05, 3.63) is 36.9 Å². The van der Waals surface area contributed by atoms with Gasteiger partial charge in [0, 0.05) is 24.5 Å². The van der Waals surface area contributed by atoms with Crippen molar-refractivity contribution in [3.63, 3.8) is 0 Å². The molecule has 0 aliphatic carbocycles. The van der Waals surface area contributed by atoms with Crippen LogP contribution in [0.15, 0.2) is 36.9 Å². The third-order valence-electron chi connectivity index (χ3n) is 2.64. The summed E-state index contributed by atoms with van der Waals surface area (Å²) in [6.45, 7) is 5.90. The number of ether oxygens (including phenoxy) is 1. The molecule has 0 aliphatic rings. The molecule has 4 nitrogen and oxygen atoms in total. The first-order chi connectivity index (χ1) is 9.15. The molecular weight excluding hydrogens is 240 g/mol. The fourth-order valence-electron chi connectivity index (χ4n) is 1.74. The van der Waals surface area contributed by atoms with Crippen LogP contribution in [-0.4, -0.2) is 25.7 Å². The van der Waals surface area contributed by atoms with Gasteiger partial charge < -0.3 is 15.4 Å². The van der Waals surface area contributed by atoms with Crippen LogP contribution < -0.4 is 10.6 Å². The van der Waals surface area contributed by atoms with Crippen LogP contribution in [0.25, 0.3) is 0 Å². The molecule has 1 atom stereocenters. The molecule has 104 valence electrons. The number of carbonyl (C=O) groups excluding carboxylic acids is 1. The fourth-order valence-corrected chi connectivity index (χ4v) is 1.74. The van der Waals surface area contributed by atoms with E-state index in [-0.39, 0.29) is 12.5 Å². The summed E-state index contributed by atoms with van der Waals surface area (Å²) in [5.74, 6) is -0.153. The summed E-state index contributed by atoms with van der Waals surface area (Å²) in [4.78, 5) is 11.4. The lowest BCUT2D eigenvalue weighted by Gasteiger charge is -2.15. The van der Waals surface area contributed by atoms with E-state index in [0.29, 0.717) is 6.04 Å². The number of hydrogen-bond acceptors (Lipinski definition) is 3. The Hall–Kier alpha value is -1.81. The predicted molar refractivity (Wildman–Crippen MR) is 79.5 cm³/mol. The second kappa shape index (κ2) is 8.32. The highest BCUT2D eigenvalue weighted by molar-refractivity contribution is 5.92. The molecule has 2 N–H and O–H groups in total. The van der Waals surface area contributed by atoms with E-state index in [1.165, 1.54) is 7.11 Å². The molecule has 1 rings (SSSR count). The Morgan fingerprint density at radius 1 is 1.47 bits per heavy atom. The molecule has 1 aromatic rings. The second-order valence-corrected chi connectivity index (χ2v) is 4.47. The molecule has 1 aromatic carbocycles. The van der Waals surface area contributed by atoms with Crippen molar-refractivity contribution in [3.8, 4) is 0 Å². The summed E-state index contributed by atoms with van der Waals surface area (Å²) in [6.07, 6.45) is 3.93. The minimum Gasteiger partial charge on any atom is -0.383 e. The van der Waals surface area contributed by atoms with E-state index < -0.39 is 0 Å². The maximum atomic E-state index is 11.4. The van der Waals surface area contributed by atoms with Gasteiger partial charge in [-0.2, -0.15) is 0 Å². The van der Waals surface area contributed by atoms with Gasteiger partial charge in [0.15, 0.2) is 0 Å². The fraction of sp³-hybridized carbons (Fsp3) is 0.400. The lowest BCUT2D eigenvalue weighted by molar-refractivity contribution is -0.119. The lowest BCUT2D eigenvalue weighted by atomic mass is 10.1. The monoisotopic (exact) mass is 262 g/mol. The van der Waals surface area contributed by atoms with Gasteiger partial charge in [-0.15, -0.1) is 6.58 Å². The largest absolute Gasteiger partial charge is 0.383 e. The number of amides is 1. The summed E-state index contributed by atoms with van der Waals surface area (Å²) in [5, 5.41) is 6.17. The molecule has 0 saturated heterocycles. The van der Waals surface area contributed by atoms with Gasteiger partial charge in [-0.3, -0.25) is 4.79 Å². The van der Waals surface area contributed by atoms with E-state index in [0.717, 1.165) is 24.2 Å². The number of rotatable bonds is 8. The van der Waals surface area contributed by atoms with Gasteiger partial charge in [0.2, 0.25) is 5.91 Å². The smallest absolute Gasteiger partial charge is 0.250 e. The molecule has 1 amide bonds. The lowest BCUT2D eigenvalue weighted by Crippen LogP contribution is -2.18. The van der Waals surface area contributed by atoms with E-state index in [4.69, 9.17) is 4.74 Å². The number of nitrogens with one attached hydrogen (secondary N) is 2. The highest BCUT2D eigenvalue weighted by Crippen LogP contribution is 2.17. The standard InChI is InChI=1S/C15H22N2O2/c1-4-5-7-12(2)16-13-8-6-9-14(10-13)17-15(18)11-19-3/h4,6,8-10,12,16H,1,5,7,11H2,2-3H3,(H,17,18). The van der Waals surface area contributed by atoms with Gasteiger partial charge in [0.25, 0.3) is 0 Å². The number of benzene rings is 1. The van der Waals surface area contributed by atoms with Crippen LogP contribution in [0.2, 0.25) is 0 Å². The number of anilines is 2. The Balaban J connectivity index is 2.56. The molecule has 0 heterocycles. The Morgan fingerprint density at radius 2 is 2.21 bits per heavy atom. The predicted octanol–water partition coefficient (Wildman–Crippen LogP) is 3.04. The van der Waals surface area contributed by atoms with Crippen LogP contribution in [0.3, 0.4) is 0 Å². The van der Waals surface area contributed by atoms with E-state index in [9.17, 15) is 4.79 Å². The van der Waals surface area contributed by atoms with Gasteiger partial charge in [-0.1, -0.05) is 12.1 Å². The number of methoxy groups -OCH3 is 1. The van der Waals surface area contributed by atoms with Crippen LogP contribution in [0, 0.1) is 0 Å². The third kappa shape index (κ3) is 6.06. The van der Waals surface area contributed by atoms with Crippen LogP contribution in [0.5, 0.6) is 0 Å². The van der Waals surface area contributed by atoms with Crippen molar-refractivity contribution in [2.24, 2.45) is 0 Å². The second-order valence-electron chi connectivity index (χ2n) is 4.47. The summed E-state index contributed by atoms with van der Waals surface area (Å²) < 4.78 is 4.78. The SMILES string of the molecule is C=CCCC(C)Nc1cccc(NC(=O)COC)c1. The van der Waals surface area contributed by atoms with Crippen LogP contribution in [0.4, 0.5) is 11.4 Å². The van der Waals surface area contributed by atoms with Crippen molar-refractivity contribution in [2.45, 2.75) is 25.8 Å². The van der Waals surface area contributed by atoms with E-state index in [1.54, 1.807) is 0 Å². The third-order valence-corrected chi connectivity index (χ3v) is 2.64. The average molecular weight is 262 g/mol. The van der Waals surface area contributed by atoms with Crippen molar-refractivity contribution in [1.29, 1.82) is 0 Å². The minimum atomic E-state index is -0.153. The van der Waals surface area contributed by atoms with Crippen molar-refractivity contribution < 1.29 is 9.53 Å². The topological polar surface area (TPSA) is 50.4 Å². The summed E-state index contributed by atoms with van der Waals surface area (Å²) in [5.41, 5.74) is 1.76. The first kappa shape index (κ1) is 15.2. The van der Waals surface area contributed by atoms with Gasteiger partial charge in [0.05, 0.1) is 0 Å². The Morgan fingerprint density at radius 3 is 2.89 bits per heavy atom. The Labute approximate surface area is 114 Å². The number of hydrogen-bond donors (Lipinski definition) is 2. The van der Waals surface area contributed by atoms with Crippen LogP contribution in [0.1, 0.15) is 19.8 Å². The van der Waals surface area contributed by atoms with Gasteiger partial charge in [-0.05, 0) is 38.0 Å². The molecule has 0 saturated carbocycles. The molecule has 0 aliphatic heterocycles. The molecule has 19 heavy (non-hydrogen) atoms. The van der Waals surface area contributed by atoms with Crippen LogP contribution >= 0.6 is 0 Å². The summed E-state index contributed by atoms with van der Waals surface area (Å²) >= 11 is 0. The van der Waals surface area contributed by atoms with Crippen molar-refractivity contribution in [2.75, 3.05) is 24.4 Å². The number of carbonyl (C=O) groups is 1. The molecule has 4 heteroatoms. The molecular formula is C15H22N2O2. The highest BCUT2D eigenvalue weighted by atomic mass is 16.5. The minimum absolute atomic E-state index is 0.0629. The zero-order chi connectivity index (χ0) is 14.1. The Bertz CT molecular complexity index is 418. The summed E-state index contributed by atoms with van der Waals surface area (Å²) in [7, 11) is 1.50. The molecule has 0 radical (unpaired) electrons. The van der Waals surface area contributed by atoms with E-state index >= 15 is 0 Å². The summed E-state index contributed by atoms with van der Waals surface area (Å²) in [6, 6.07) is 8.02. The first-order valence-corrected chi connectivity index (χ1v) is 6.42. The molecule has 0 spiro atoms. The number of allylic oxidation sites excluding steroid dienone is 1. The van der Waals surface area contributed by atoms with Gasteiger partial charge >= 0.3 is 0 Å². The van der Waals surface area contributed by atoms with E-state index in [1.807, 2.05) is 30.3 Å². The molecule has 1 unspecified atom stereocenters. The quantitative estimate of drug-likeness (QED) is 0.708. The van der Waals surface area contributed by atoms with Crippen LogP contribution in [-0.2, 0) is 9.53 Å². The highest BCUT2D eigenvalue weighted by Gasteiger charge is 2.04. The van der Waals surface area contributed by atoms with Gasteiger partial charge in [-0.25, -0.2) is 0 Å². The van der Waals surface area contributed by atoms with Crippen molar-refractivity contribution >= 4 is 17.3 Å². The average Bonchev–Trinajstić information content (AvgIpc) is 2.37. The van der Waals surface area contributed by atoms with Gasteiger partial charge in [0.1, 0.15) is 6.61 Å². The zero-order valence-electron chi connectivity index (χ0n) is 11.6. The molecule has 0 fully saturated rings. The Kier molecular flexibility index (Phi) is 6.68.